The van der Waals surface area contributed by atoms with Crippen LogP contribution in [-0.2, 0) is 5.41 Å². The summed E-state index contributed by atoms with van der Waals surface area (Å²) in [6.07, 6.45) is 0. The minimum absolute atomic E-state index is 0.254. The van der Waals surface area contributed by atoms with E-state index in [-0.39, 0.29) is 5.41 Å². The molecule has 0 saturated heterocycles. The van der Waals surface area contributed by atoms with Crippen molar-refractivity contribution in [3.63, 3.8) is 0 Å². The quantitative estimate of drug-likeness (QED) is 0.641. The summed E-state index contributed by atoms with van der Waals surface area (Å²) < 4.78 is 0. The number of hydrogen-bond donors (Lipinski definition) is 0. The highest BCUT2D eigenvalue weighted by molar-refractivity contribution is 6.88. The monoisotopic (exact) mass is 234 g/mol. The van der Waals surface area contributed by atoms with Gasteiger partial charge in [0, 0.05) is 0 Å². The fourth-order valence-corrected chi connectivity index (χ4v) is 3.30. The van der Waals surface area contributed by atoms with Crippen LogP contribution in [0.1, 0.15) is 37.5 Å². The zero-order valence-electron chi connectivity index (χ0n) is 12.2. The molecule has 0 radical (unpaired) electrons. The van der Waals surface area contributed by atoms with E-state index < -0.39 is 8.07 Å². The summed E-state index contributed by atoms with van der Waals surface area (Å²) in [6, 6.07) is 4.85. The van der Waals surface area contributed by atoms with Crippen LogP contribution in [0.15, 0.2) is 12.1 Å². The second-order valence-corrected chi connectivity index (χ2v) is 12.0. The number of hydrogen-bond acceptors (Lipinski definition) is 0. The zero-order valence-corrected chi connectivity index (χ0v) is 13.2. The van der Waals surface area contributed by atoms with Crippen molar-refractivity contribution in [3.05, 3.63) is 28.8 Å². The molecule has 0 fully saturated rings. The van der Waals surface area contributed by atoms with Crippen LogP contribution in [0.3, 0.4) is 0 Å². The van der Waals surface area contributed by atoms with Gasteiger partial charge in [-0.25, -0.2) is 0 Å². The van der Waals surface area contributed by atoms with E-state index in [1.54, 1.807) is 5.19 Å². The summed E-state index contributed by atoms with van der Waals surface area (Å²) in [5.74, 6) is 0. The number of benzene rings is 1. The van der Waals surface area contributed by atoms with Gasteiger partial charge < -0.3 is 0 Å². The van der Waals surface area contributed by atoms with Crippen molar-refractivity contribution in [2.75, 3.05) is 0 Å². The SMILES string of the molecule is Cc1cc([Si](C)(C)C)cc(C(C)(C)C)c1C. The first-order valence-corrected chi connectivity index (χ1v) is 9.65. The van der Waals surface area contributed by atoms with Gasteiger partial charge in [0.25, 0.3) is 0 Å². The van der Waals surface area contributed by atoms with Crippen molar-refractivity contribution >= 4 is 13.3 Å². The van der Waals surface area contributed by atoms with Crippen LogP contribution in [0.4, 0.5) is 0 Å². The Morgan fingerprint density at radius 2 is 1.44 bits per heavy atom. The van der Waals surface area contributed by atoms with E-state index in [0.717, 1.165) is 0 Å². The van der Waals surface area contributed by atoms with Crippen LogP contribution in [0, 0.1) is 13.8 Å². The number of aryl methyl sites for hydroxylation is 1. The molecule has 16 heavy (non-hydrogen) atoms. The molecular weight excluding hydrogens is 208 g/mol. The van der Waals surface area contributed by atoms with Gasteiger partial charge in [-0.05, 0) is 36.0 Å². The lowest BCUT2D eigenvalue weighted by Gasteiger charge is -2.27. The normalized spacial score (nSPS) is 13.0. The molecular formula is C15H26Si. The maximum Gasteiger partial charge on any atom is 0.0776 e. The van der Waals surface area contributed by atoms with Gasteiger partial charge in [-0.2, -0.15) is 0 Å². The third kappa shape index (κ3) is 2.76. The fourth-order valence-electron chi connectivity index (χ4n) is 2.07. The van der Waals surface area contributed by atoms with Crippen LogP contribution in [0.25, 0.3) is 0 Å². The van der Waals surface area contributed by atoms with E-state index in [1.165, 1.54) is 16.7 Å². The Labute approximate surface area is 102 Å². The predicted molar refractivity (Wildman–Crippen MR) is 77.6 cm³/mol. The molecule has 90 valence electrons. The molecule has 0 atom stereocenters. The van der Waals surface area contributed by atoms with Gasteiger partial charge in [0.05, 0.1) is 8.07 Å². The van der Waals surface area contributed by atoms with Gasteiger partial charge in [0.1, 0.15) is 0 Å². The van der Waals surface area contributed by atoms with Crippen molar-refractivity contribution in [2.24, 2.45) is 0 Å². The minimum atomic E-state index is -1.20. The van der Waals surface area contributed by atoms with Crippen LogP contribution in [-0.4, -0.2) is 8.07 Å². The lowest BCUT2D eigenvalue weighted by molar-refractivity contribution is 0.586. The number of rotatable bonds is 1. The lowest BCUT2D eigenvalue weighted by Crippen LogP contribution is -2.39. The Morgan fingerprint density at radius 3 is 1.81 bits per heavy atom. The maximum atomic E-state index is 2.45. The molecule has 0 aromatic heterocycles. The molecule has 0 heterocycles. The summed E-state index contributed by atoms with van der Waals surface area (Å²) in [5, 5.41) is 1.58. The van der Waals surface area contributed by atoms with Gasteiger partial charge in [-0.15, -0.1) is 0 Å². The second kappa shape index (κ2) is 4.03. The van der Waals surface area contributed by atoms with Gasteiger partial charge in [-0.3, -0.25) is 0 Å². The van der Waals surface area contributed by atoms with E-state index in [0.29, 0.717) is 0 Å². The van der Waals surface area contributed by atoms with E-state index in [9.17, 15) is 0 Å². The van der Waals surface area contributed by atoms with Crippen LogP contribution < -0.4 is 5.19 Å². The Bertz CT molecular complexity index is 389. The van der Waals surface area contributed by atoms with E-state index in [4.69, 9.17) is 0 Å². The topological polar surface area (TPSA) is 0 Å². The molecule has 1 rings (SSSR count). The molecule has 0 spiro atoms. The average molecular weight is 234 g/mol. The van der Waals surface area contributed by atoms with Crippen molar-refractivity contribution in [3.8, 4) is 0 Å². The van der Waals surface area contributed by atoms with Crippen molar-refractivity contribution in [1.82, 2.24) is 0 Å². The van der Waals surface area contributed by atoms with Crippen LogP contribution in [0.2, 0.25) is 19.6 Å². The summed E-state index contributed by atoms with van der Waals surface area (Å²) in [4.78, 5) is 0. The highest BCUT2D eigenvalue weighted by atomic mass is 28.3. The summed E-state index contributed by atoms with van der Waals surface area (Å²) >= 11 is 0. The molecule has 1 aromatic carbocycles. The molecule has 1 aromatic rings. The highest BCUT2D eigenvalue weighted by Gasteiger charge is 2.23. The molecule has 0 aliphatic heterocycles. The van der Waals surface area contributed by atoms with Gasteiger partial charge in [0.15, 0.2) is 0 Å². The fraction of sp³-hybridized carbons (Fsp3) is 0.600. The summed E-state index contributed by atoms with van der Waals surface area (Å²) in [6.45, 7) is 18.7. The minimum Gasteiger partial charge on any atom is -0.0656 e. The third-order valence-corrected chi connectivity index (χ3v) is 5.36. The molecule has 0 bridgehead atoms. The summed E-state index contributed by atoms with van der Waals surface area (Å²) in [5.41, 5.74) is 4.69. The Morgan fingerprint density at radius 1 is 0.938 bits per heavy atom. The maximum absolute atomic E-state index is 2.45. The average Bonchev–Trinajstić information content (AvgIpc) is 2.05. The van der Waals surface area contributed by atoms with Crippen LogP contribution >= 0.6 is 0 Å². The standard InChI is InChI=1S/C15H26Si/c1-11-9-13(16(6,7)8)10-14(12(11)2)15(3,4)5/h9-10H,1-8H3. The van der Waals surface area contributed by atoms with Gasteiger partial charge >= 0.3 is 0 Å². The lowest BCUT2D eigenvalue weighted by atomic mass is 9.83. The third-order valence-electron chi connectivity index (χ3n) is 3.34. The molecule has 0 amide bonds. The van der Waals surface area contributed by atoms with Crippen molar-refractivity contribution in [2.45, 2.75) is 59.7 Å². The van der Waals surface area contributed by atoms with Gasteiger partial charge in [0.2, 0.25) is 0 Å². The highest BCUT2D eigenvalue weighted by Crippen LogP contribution is 2.27. The van der Waals surface area contributed by atoms with E-state index in [2.05, 4.69) is 66.4 Å². The van der Waals surface area contributed by atoms with Crippen LogP contribution in [0.5, 0.6) is 0 Å². The molecule has 0 N–H and O–H groups in total. The van der Waals surface area contributed by atoms with E-state index in [1.807, 2.05) is 0 Å². The summed E-state index contributed by atoms with van der Waals surface area (Å²) in [7, 11) is -1.20. The van der Waals surface area contributed by atoms with E-state index >= 15 is 0 Å². The van der Waals surface area contributed by atoms with Crippen molar-refractivity contribution in [1.29, 1.82) is 0 Å². The Kier molecular flexibility index (Phi) is 3.40. The first kappa shape index (κ1) is 13.5. The smallest absolute Gasteiger partial charge is 0.0656 e. The molecule has 0 nitrogen and oxygen atoms in total. The predicted octanol–water partition coefficient (Wildman–Crippen LogP) is 4.15. The zero-order chi connectivity index (χ0) is 12.7. The molecule has 0 unspecified atom stereocenters. The first-order valence-electron chi connectivity index (χ1n) is 6.15. The Balaban J connectivity index is 3.46. The van der Waals surface area contributed by atoms with Gasteiger partial charge in [-0.1, -0.05) is 57.7 Å². The molecule has 0 aliphatic rings. The molecule has 0 aliphatic carbocycles. The molecule has 1 heteroatoms. The second-order valence-electron chi connectivity index (χ2n) is 6.97. The van der Waals surface area contributed by atoms with Crippen molar-refractivity contribution < 1.29 is 0 Å². The first-order chi connectivity index (χ1) is 7.03. The Hall–Kier alpha value is -0.563. The molecule has 0 saturated carbocycles. The largest absolute Gasteiger partial charge is 0.0776 e.